The number of esters is 1. The molecule has 17 heavy (non-hydrogen) atoms. The number of aromatic nitrogens is 1. The number of nitrogens with two attached hydrogens (primary N) is 1. The number of methoxy groups -OCH3 is 3. The number of nitrogens with zero attached hydrogens (tertiary/aromatic N) is 1. The molecule has 0 bridgehead atoms. The highest BCUT2D eigenvalue weighted by molar-refractivity contribution is 5.79. The summed E-state index contributed by atoms with van der Waals surface area (Å²) in [7, 11) is 4.31. The summed E-state index contributed by atoms with van der Waals surface area (Å²) in [5.41, 5.74) is 6.18. The van der Waals surface area contributed by atoms with Gasteiger partial charge in [0.25, 0.3) is 0 Å². The highest BCUT2D eigenvalue weighted by atomic mass is 16.5. The molecule has 1 aromatic rings. The lowest BCUT2D eigenvalue weighted by molar-refractivity contribution is -0.142. The molecule has 0 saturated heterocycles. The molecular formula is C11H16N2O4. The van der Waals surface area contributed by atoms with E-state index >= 15 is 0 Å². The van der Waals surface area contributed by atoms with Gasteiger partial charge in [-0.25, -0.2) is 4.98 Å². The van der Waals surface area contributed by atoms with E-state index in [0.717, 1.165) is 0 Å². The normalized spacial score (nSPS) is 11.8. The molecule has 1 heterocycles. The van der Waals surface area contributed by atoms with Crippen molar-refractivity contribution in [3.05, 3.63) is 17.8 Å². The SMILES string of the molecule is COC(=O)C(CN)c1cc(OC)ncc1OC. The number of rotatable bonds is 5. The van der Waals surface area contributed by atoms with Gasteiger partial charge in [0.05, 0.1) is 33.4 Å². The minimum absolute atomic E-state index is 0.121. The van der Waals surface area contributed by atoms with Crippen LogP contribution in [0.3, 0.4) is 0 Å². The van der Waals surface area contributed by atoms with Crippen LogP contribution in [0.4, 0.5) is 0 Å². The average Bonchev–Trinajstić information content (AvgIpc) is 2.39. The van der Waals surface area contributed by atoms with E-state index in [-0.39, 0.29) is 6.54 Å². The highest BCUT2D eigenvalue weighted by Crippen LogP contribution is 2.29. The summed E-state index contributed by atoms with van der Waals surface area (Å²) in [4.78, 5) is 15.6. The van der Waals surface area contributed by atoms with Gasteiger partial charge in [-0.3, -0.25) is 4.79 Å². The first-order valence-corrected chi connectivity index (χ1v) is 5.03. The zero-order chi connectivity index (χ0) is 12.8. The predicted molar refractivity (Wildman–Crippen MR) is 61.2 cm³/mol. The second-order valence-electron chi connectivity index (χ2n) is 3.28. The Morgan fingerprint density at radius 2 is 2.12 bits per heavy atom. The van der Waals surface area contributed by atoms with Crippen LogP contribution >= 0.6 is 0 Å². The van der Waals surface area contributed by atoms with Gasteiger partial charge in [-0.15, -0.1) is 0 Å². The zero-order valence-corrected chi connectivity index (χ0v) is 10.1. The molecule has 0 spiro atoms. The summed E-state index contributed by atoms with van der Waals surface area (Å²) in [5.74, 6) is -0.138. The van der Waals surface area contributed by atoms with Gasteiger partial charge >= 0.3 is 5.97 Å². The van der Waals surface area contributed by atoms with Crippen LogP contribution in [-0.2, 0) is 9.53 Å². The third-order valence-corrected chi connectivity index (χ3v) is 2.40. The quantitative estimate of drug-likeness (QED) is 0.746. The van der Waals surface area contributed by atoms with E-state index in [4.69, 9.17) is 19.9 Å². The smallest absolute Gasteiger partial charge is 0.314 e. The first kappa shape index (κ1) is 13.2. The van der Waals surface area contributed by atoms with Crippen molar-refractivity contribution in [3.8, 4) is 11.6 Å². The van der Waals surface area contributed by atoms with Crippen molar-refractivity contribution in [2.24, 2.45) is 5.73 Å². The minimum Gasteiger partial charge on any atom is -0.495 e. The van der Waals surface area contributed by atoms with Crippen LogP contribution in [0.5, 0.6) is 11.6 Å². The molecule has 6 heteroatoms. The van der Waals surface area contributed by atoms with Gasteiger partial charge in [-0.2, -0.15) is 0 Å². The van der Waals surface area contributed by atoms with Crippen molar-refractivity contribution in [1.82, 2.24) is 4.98 Å². The molecule has 1 unspecified atom stereocenters. The molecule has 0 aliphatic rings. The number of carbonyl (C=O) groups excluding carboxylic acids is 1. The number of pyridine rings is 1. The summed E-state index contributed by atoms with van der Waals surface area (Å²) in [6.07, 6.45) is 1.49. The van der Waals surface area contributed by atoms with Crippen LogP contribution < -0.4 is 15.2 Å². The Morgan fingerprint density at radius 3 is 2.59 bits per heavy atom. The topological polar surface area (TPSA) is 83.7 Å². The third-order valence-electron chi connectivity index (χ3n) is 2.40. The van der Waals surface area contributed by atoms with E-state index < -0.39 is 11.9 Å². The van der Waals surface area contributed by atoms with E-state index in [0.29, 0.717) is 17.2 Å². The molecule has 0 radical (unpaired) electrons. The van der Waals surface area contributed by atoms with Crippen LogP contribution in [0, 0.1) is 0 Å². The van der Waals surface area contributed by atoms with Crippen molar-refractivity contribution >= 4 is 5.97 Å². The summed E-state index contributed by atoms with van der Waals surface area (Å²) in [5, 5.41) is 0. The Bertz CT molecular complexity index is 395. The van der Waals surface area contributed by atoms with Gasteiger partial charge in [0.1, 0.15) is 5.75 Å². The predicted octanol–water partition coefficient (Wildman–Crippen LogP) is 0.314. The second-order valence-corrected chi connectivity index (χ2v) is 3.28. The van der Waals surface area contributed by atoms with Crippen molar-refractivity contribution < 1.29 is 19.0 Å². The molecular weight excluding hydrogens is 224 g/mol. The van der Waals surface area contributed by atoms with Gasteiger partial charge < -0.3 is 19.9 Å². The largest absolute Gasteiger partial charge is 0.495 e. The maximum Gasteiger partial charge on any atom is 0.314 e. The first-order valence-electron chi connectivity index (χ1n) is 5.03. The molecule has 1 atom stereocenters. The Labute approximate surface area is 99.7 Å². The number of hydrogen-bond donors (Lipinski definition) is 1. The lowest BCUT2D eigenvalue weighted by Crippen LogP contribution is -2.23. The van der Waals surface area contributed by atoms with E-state index in [1.54, 1.807) is 6.07 Å². The zero-order valence-electron chi connectivity index (χ0n) is 10.1. The van der Waals surface area contributed by atoms with Gasteiger partial charge in [0, 0.05) is 18.2 Å². The lowest BCUT2D eigenvalue weighted by atomic mass is 9.99. The number of hydrogen-bond acceptors (Lipinski definition) is 6. The number of ether oxygens (including phenoxy) is 3. The van der Waals surface area contributed by atoms with Crippen LogP contribution in [0.2, 0.25) is 0 Å². The Morgan fingerprint density at radius 1 is 1.41 bits per heavy atom. The van der Waals surface area contributed by atoms with Crippen molar-refractivity contribution in [1.29, 1.82) is 0 Å². The van der Waals surface area contributed by atoms with Crippen LogP contribution in [0.1, 0.15) is 11.5 Å². The molecule has 0 saturated carbocycles. The van der Waals surface area contributed by atoms with Gasteiger partial charge in [0.2, 0.25) is 5.88 Å². The fourth-order valence-electron chi connectivity index (χ4n) is 1.49. The summed E-state index contributed by atoms with van der Waals surface area (Å²) >= 11 is 0. The molecule has 6 nitrogen and oxygen atoms in total. The van der Waals surface area contributed by atoms with Crippen LogP contribution in [0.15, 0.2) is 12.3 Å². The molecule has 1 aromatic heterocycles. The first-order chi connectivity index (χ1) is 8.17. The Balaban J connectivity index is 3.19. The second kappa shape index (κ2) is 6.05. The Kier molecular flexibility index (Phi) is 4.71. The van der Waals surface area contributed by atoms with Crippen LogP contribution in [0.25, 0.3) is 0 Å². The molecule has 1 rings (SSSR count). The molecule has 0 aliphatic heterocycles. The third kappa shape index (κ3) is 2.85. The van der Waals surface area contributed by atoms with Gasteiger partial charge in [-0.1, -0.05) is 0 Å². The fraction of sp³-hybridized carbons (Fsp3) is 0.455. The molecule has 0 fully saturated rings. The molecule has 0 amide bonds. The van der Waals surface area contributed by atoms with Crippen LogP contribution in [-0.4, -0.2) is 38.8 Å². The van der Waals surface area contributed by atoms with Crippen molar-refractivity contribution in [2.45, 2.75) is 5.92 Å². The van der Waals surface area contributed by atoms with E-state index in [2.05, 4.69) is 4.98 Å². The molecule has 2 N–H and O–H groups in total. The van der Waals surface area contributed by atoms with Crippen molar-refractivity contribution in [3.63, 3.8) is 0 Å². The Hall–Kier alpha value is -1.82. The summed E-state index contributed by atoms with van der Waals surface area (Å²) < 4.78 is 14.8. The monoisotopic (exact) mass is 240 g/mol. The van der Waals surface area contributed by atoms with E-state index in [1.807, 2.05) is 0 Å². The lowest BCUT2D eigenvalue weighted by Gasteiger charge is -2.16. The van der Waals surface area contributed by atoms with E-state index in [1.165, 1.54) is 27.5 Å². The maximum absolute atomic E-state index is 11.6. The average molecular weight is 240 g/mol. The maximum atomic E-state index is 11.6. The van der Waals surface area contributed by atoms with Crippen molar-refractivity contribution in [2.75, 3.05) is 27.9 Å². The standard InChI is InChI=1S/C11H16N2O4/c1-15-9-6-13-10(16-2)4-7(9)8(5-12)11(14)17-3/h4,6,8H,5,12H2,1-3H3. The van der Waals surface area contributed by atoms with Gasteiger partial charge in [0.15, 0.2) is 0 Å². The number of carbonyl (C=O) groups is 1. The fourth-order valence-corrected chi connectivity index (χ4v) is 1.49. The summed E-state index contributed by atoms with van der Waals surface area (Å²) in [6.45, 7) is 0.121. The molecule has 0 aromatic carbocycles. The molecule has 94 valence electrons. The summed E-state index contributed by atoms with van der Waals surface area (Å²) in [6, 6.07) is 1.62. The molecule has 0 aliphatic carbocycles. The highest BCUT2D eigenvalue weighted by Gasteiger charge is 2.24. The minimum atomic E-state index is -0.591. The van der Waals surface area contributed by atoms with Gasteiger partial charge in [-0.05, 0) is 0 Å². The van der Waals surface area contributed by atoms with E-state index in [9.17, 15) is 4.79 Å².